The maximum Gasteiger partial charge on any atom is -0.0169 e. The molecule has 0 amide bonds. The van der Waals surface area contributed by atoms with Crippen molar-refractivity contribution in [1.29, 1.82) is 0 Å². The quantitative estimate of drug-likeness (QED) is 0.263. The van der Waals surface area contributed by atoms with Gasteiger partial charge in [0, 0.05) is 0 Å². The van der Waals surface area contributed by atoms with E-state index in [-0.39, 0.29) is 0 Å². The van der Waals surface area contributed by atoms with Crippen molar-refractivity contribution < 1.29 is 0 Å². The Hall–Kier alpha value is 0.600. The average molecular weight is 435 g/mol. The summed E-state index contributed by atoms with van der Waals surface area (Å²) < 4.78 is 0. The van der Waals surface area contributed by atoms with E-state index in [2.05, 4.69) is 12.2 Å². The van der Waals surface area contributed by atoms with Crippen molar-refractivity contribution in [2.45, 2.75) is 145 Å². The van der Waals surface area contributed by atoms with E-state index in [9.17, 15) is 0 Å². The molecule has 3 fully saturated rings. The first kappa shape index (κ1) is 22.8. The summed E-state index contributed by atoms with van der Waals surface area (Å²) in [5, 5.41) is 0. The molecule has 0 bridgehead atoms. The fourth-order valence-electron chi connectivity index (χ4n) is 7.08. The monoisotopic (exact) mass is 434 g/mol. The Bertz CT molecular complexity index is 451. The summed E-state index contributed by atoms with van der Waals surface area (Å²) in [6.07, 6.45) is 37.8. The molecule has 2 atom stereocenters. The molecule has 166 valence electrons. The lowest BCUT2D eigenvalue weighted by Gasteiger charge is -2.40. The van der Waals surface area contributed by atoms with Crippen LogP contribution in [0.3, 0.4) is 0 Å². The van der Waals surface area contributed by atoms with Gasteiger partial charge in [-0.25, -0.2) is 0 Å². The summed E-state index contributed by atoms with van der Waals surface area (Å²) in [6.45, 7) is 0. The number of allylic oxidation sites excluding steroid dienone is 2. The van der Waals surface area contributed by atoms with Crippen molar-refractivity contribution in [3.63, 3.8) is 0 Å². The van der Waals surface area contributed by atoms with Crippen LogP contribution in [-0.4, -0.2) is 35.0 Å². The highest BCUT2D eigenvalue weighted by Crippen LogP contribution is 2.59. The Morgan fingerprint density at radius 1 is 0.483 bits per heavy atom. The highest BCUT2D eigenvalue weighted by molar-refractivity contribution is 7.60. The zero-order valence-electron chi connectivity index (χ0n) is 19.2. The molecule has 2 unspecified atom stereocenters. The molecule has 0 N–H and O–H groups in total. The molecule has 3 saturated carbocycles. The predicted molar refractivity (Wildman–Crippen MR) is 136 cm³/mol. The molecule has 0 aromatic heterocycles. The minimum Gasteiger partial charge on any atom is -0.100 e. The lowest BCUT2D eigenvalue weighted by atomic mass is 9.99. The van der Waals surface area contributed by atoms with Crippen molar-refractivity contribution in [3.8, 4) is 0 Å². The molecule has 29 heavy (non-hydrogen) atoms. The van der Waals surface area contributed by atoms with E-state index in [4.69, 9.17) is 0 Å². The number of hydrogen-bond acceptors (Lipinski definition) is 0. The molecule has 0 heterocycles. The van der Waals surface area contributed by atoms with Gasteiger partial charge >= 0.3 is 0 Å². The Balaban J connectivity index is 1.35. The lowest BCUT2D eigenvalue weighted by Crippen LogP contribution is -2.23. The van der Waals surface area contributed by atoms with Gasteiger partial charge in [0.15, 0.2) is 0 Å². The molecule has 0 saturated heterocycles. The van der Waals surface area contributed by atoms with E-state index < -0.39 is 0 Å². The molecule has 0 aliphatic heterocycles. The highest BCUT2D eigenvalue weighted by atomic mass is 31.1. The topological polar surface area (TPSA) is 0 Å². The summed E-state index contributed by atoms with van der Waals surface area (Å²) in [6, 6.07) is 0. The standard InChI is InChI=1S/C27H48P2/c1-5-14-24(15-6-1)28(25-16-7-2-8-17-25)22-13-23-29(26-18-9-3-10-19-26)27-20-11-4-12-21-27/h1,5,24-27H,2-4,6-23H2. The fraction of sp³-hybridized carbons (Fsp3) is 0.926. The Kier molecular flexibility index (Phi) is 9.89. The molecule has 0 aromatic rings. The van der Waals surface area contributed by atoms with Crippen molar-refractivity contribution in [2.24, 2.45) is 0 Å². The van der Waals surface area contributed by atoms with E-state index in [0.717, 1.165) is 11.3 Å². The first-order chi connectivity index (χ1) is 14.4. The van der Waals surface area contributed by atoms with Gasteiger partial charge in [-0.15, -0.1) is 15.8 Å². The minimum absolute atomic E-state index is 0.297. The van der Waals surface area contributed by atoms with E-state index in [1.807, 2.05) is 0 Å². The smallest absolute Gasteiger partial charge is 0.0169 e. The maximum absolute atomic E-state index is 2.54. The minimum atomic E-state index is 0.297. The summed E-state index contributed by atoms with van der Waals surface area (Å²) in [7, 11) is 0.630. The average Bonchev–Trinajstić information content (AvgIpc) is 2.81. The second kappa shape index (κ2) is 12.6. The Morgan fingerprint density at radius 2 is 0.931 bits per heavy atom. The van der Waals surface area contributed by atoms with Crippen LogP contribution in [0.1, 0.15) is 122 Å². The van der Waals surface area contributed by atoms with Crippen LogP contribution >= 0.6 is 15.8 Å². The first-order valence-electron chi connectivity index (χ1n) is 13.6. The van der Waals surface area contributed by atoms with Crippen LogP contribution in [0.5, 0.6) is 0 Å². The van der Waals surface area contributed by atoms with Gasteiger partial charge < -0.3 is 0 Å². The van der Waals surface area contributed by atoms with Gasteiger partial charge in [0.05, 0.1) is 0 Å². The van der Waals surface area contributed by atoms with Crippen molar-refractivity contribution >= 4 is 15.8 Å². The molecule has 4 aliphatic rings. The van der Waals surface area contributed by atoms with Crippen LogP contribution in [0, 0.1) is 0 Å². The van der Waals surface area contributed by atoms with Crippen molar-refractivity contribution in [3.05, 3.63) is 12.2 Å². The highest BCUT2D eigenvalue weighted by Gasteiger charge is 2.33. The van der Waals surface area contributed by atoms with Crippen LogP contribution in [0.4, 0.5) is 0 Å². The van der Waals surface area contributed by atoms with Gasteiger partial charge in [-0.1, -0.05) is 69.9 Å². The van der Waals surface area contributed by atoms with E-state index in [0.29, 0.717) is 15.8 Å². The zero-order chi connectivity index (χ0) is 19.7. The van der Waals surface area contributed by atoms with Gasteiger partial charge in [0.25, 0.3) is 0 Å². The number of hydrogen-bond donors (Lipinski definition) is 0. The van der Waals surface area contributed by atoms with E-state index >= 15 is 0 Å². The molecular weight excluding hydrogens is 386 g/mol. The van der Waals surface area contributed by atoms with Crippen molar-refractivity contribution in [2.75, 3.05) is 12.3 Å². The predicted octanol–water partition coefficient (Wildman–Crippen LogP) is 9.45. The van der Waals surface area contributed by atoms with Gasteiger partial charge in [-0.2, -0.15) is 0 Å². The van der Waals surface area contributed by atoms with Gasteiger partial charge in [-0.05, 0) is 99.2 Å². The fourth-order valence-corrected chi connectivity index (χ4v) is 15.0. The van der Waals surface area contributed by atoms with Crippen LogP contribution in [-0.2, 0) is 0 Å². The SMILES string of the molecule is C1=CCC(P(CCCP(C2CCCCC2)C2CCCCC2)C2CCCCC2)CC1. The normalized spacial score (nSPS) is 29.3. The van der Waals surface area contributed by atoms with Crippen LogP contribution in [0.25, 0.3) is 0 Å². The summed E-state index contributed by atoms with van der Waals surface area (Å²) in [5.74, 6) is 0. The molecule has 0 aromatic carbocycles. The zero-order valence-corrected chi connectivity index (χ0v) is 21.0. The third-order valence-corrected chi connectivity index (χ3v) is 16.1. The van der Waals surface area contributed by atoms with Crippen LogP contribution < -0.4 is 0 Å². The van der Waals surface area contributed by atoms with Crippen LogP contribution in [0.2, 0.25) is 0 Å². The van der Waals surface area contributed by atoms with E-state index in [1.54, 1.807) is 95.8 Å². The molecule has 4 aliphatic carbocycles. The van der Waals surface area contributed by atoms with Crippen molar-refractivity contribution in [1.82, 2.24) is 0 Å². The summed E-state index contributed by atoms with van der Waals surface area (Å²) >= 11 is 0. The maximum atomic E-state index is 2.54. The summed E-state index contributed by atoms with van der Waals surface area (Å²) in [4.78, 5) is 0. The Labute approximate surface area is 185 Å². The second-order valence-corrected chi connectivity index (χ2v) is 16.5. The van der Waals surface area contributed by atoms with E-state index in [1.165, 1.54) is 49.8 Å². The number of rotatable bonds is 8. The van der Waals surface area contributed by atoms with Crippen LogP contribution in [0.15, 0.2) is 12.2 Å². The molecule has 0 spiro atoms. The molecular formula is C27H48P2. The summed E-state index contributed by atoms with van der Waals surface area (Å²) in [5.41, 5.74) is 4.57. The van der Waals surface area contributed by atoms with Gasteiger partial charge in [0.1, 0.15) is 0 Å². The second-order valence-electron chi connectivity index (χ2n) is 10.6. The third kappa shape index (κ3) is 6.79. The third-order valence-electron chi connectivity index (χ3n) is 8.67. The van der Waals surface area contributed by atoms with Gasteiger partial charge in [0.2, 0.25) is 0 Å². The van der Waals surface area contributed by atoms with Gasteiger partial charge in [-0.3, -0.25) is 0 Å². The molecule has 2 heteroatoms. The first-order valence-corrected chi connectivity index (χ1v) is 16.9. The lowest BCUT2D eigenvalue weighted by molar-refractivity contribution is 0.484. The molecule has 0 radical (unpaired) electrons. The molecule has 4 rings (SSSR count). The largest absolute Gasteiger partial charge is 0.100 e. The molecule has 0 nitrogen and oxygen atoms in total. The Morgan fingerprint density at radius 3 is 1.34 bits per heavy atom.